The molecule has 0 bridgehead atoms. The Labute approximate surface area is 114 Å². The average molecular weight is 252 g/mol. The molecule has 0 atom stereocenters. The van der Waals surface area contributed by atoms with Crippen molar-refractivity contribution in [3.05, 3.63) is 54.6 Å². The van der Waals surface area contributed by atoms with Gasteiger partial charge in [-0.1, -0.05) is 54.6 Å². The molecule has 96 valence electrons. The van der Waals surface area contributed by atoms with Crippen LogP contribution in [0.4, 0.5) is 0 Å². The molecule has 0 aromatic heterocycles. The third-order valence-electron chi connectivity index (χ3n) is 3.30. The van der Waals surface area contributed by atoms with Gasteiger partial charge in [-0.15, -0.1) is 0 Å². The quantitative estimate of drug-likeness (QED) is 0.765. The number of benzene rings is 2. The second kappa shape index (κ2) is 4.84. The maximum Gasteiger partial charge on any atom is 0.494 e. The van der Waals surface area contributed by atoms with Crippen LogP contribution >= 0.6 is 0 Å². The van der Waals surface area contributed by atoms with Crippen molar-refractivity contribution < 1.29 is 9.31 Å². The van der Waals surface area contributed by atoms with E-state index in [4.69, 9.17) is 9.31 Å². The van der Waals surface area contributed by atoms with Crippen molar-refractivity contribution in [2.75, 3.05) is 6.61 Å². The molecular weight excluding hydrogens is 235 g/mol. The Hall–Kier alpha value is -1.58. The Bertz CT molecular complexity index is 549. The van der Waals surface area contributed by atoms with Crippen LogP contribution in [0.1, 0.15) is 13.8 Å². The van der Waals surface area contributed by atoms with Crippen molar-refractivity contribution in [1.29, 1.82) is 0 Å². The van der Waals surface area contributed by atoms with E-state index in [0.717, 1.165) is 5.46 Å². The van der Waals surface area contributed by atoms with E-state index in [1.54, 1.807) is 0 Å². The van der Waals surface area contributed by atoms with E-state index >= 15 is 0 Å². The van der Waals surface area contributed by atoms with Crippen molar-refractivity contribution >= 4 is 12.6 Å². The lowest BCUT2D eigenvalue weighted by Gasteiger charge is -2.15. The summed E-state index contributed by atoms with van der Waals surface area (Å²) < 4.78 is 11.5. The first-order chi connectivity index (χ1) is 9.14. The summed E-state index contributed by atoms with van der Waals surface area (Å²) in [6.07, 6.45) is 0. The molecule has 0 radical (unpaired) electrons. The van der Waals surface area contributed by atoms with Gasteiger partial charge in [0.1, 0.15) is 0 Å². The Morgan fingerprint density at radius 2 is 1.53 bits per heavy atom. The molecule has 1 fully saturated rings. The summed E-state index contributed by atoms with van der Waals surface area (Å²) in [6.45, 7) is 4.73. The summed E-state index contributed by atoms with van der Waals surface area (Å²) in [5, 5.41) is 0. The lowest BCUT2D eigenvalue weighted by Crippen LogP contribution is -2.34. The highest BCUT2D eigenvalue weighted by atomic mass is 16.7. The number of hydrogen-bond acceptors (Lipinski definition) is 2. The predicted molar refractivity (Wildman–Crippen MR) is 78.4 cm³/mol. The van der Waals surface area contributed by atoms with E-state index in [1.807, 2.05) is 19.9 Å². The minimum Gasteiger partial charge on any atom is -0.404 e. The van der Waals surface area contributed by atoms with Gasteiger partial charge in [0.05, 0.1) is 12.2 Å². The topological polar surface area (TPSA) is 18.5 Å². The molecule has 2 aromatic rings. The van der Waals surface area contributed by atoms with Crippen LogP contribution in [0.5, 0.6) is 0 Å². The minimum absolute atomic E-state index is 0.192. The highest BCUT2D eigenvalue weighted by Crippen LogP contribution is 2.21. The third-order valence-corrected chi connectivity index (χ3v) is 3.30. The average Bonchev–Trinajstić information content (AvgIpc) is 2.80. The van der Waals surface area contributed by atoms with Gasteiger partial charge >= 0.3 is 7.12 Å². The molecule has 1 aliphatic rings. The maximum atomic E-state index is 5.86. The number of hydrogen-bond donors (Lipinski definition) is 0. The maximum absolute atomic E-state index is 5.86. The first-order valence-corrected chi connectivity index (χ1v) is 6.59. The molecule has 0 amide bonds. The standard InChI is InChI=1S/C16H17BO2/c1-16(2)12-18-17(19-16)15-10-8-14(9-11-15)13-6-4-3-5-7-13/h3-11H,12H2,1-2H3. The van der Waals surface area contributed by atoms with Crippen molar-refractivity contribution in [3.8, 4) is 11.1 Å². The van der Waals surface area contributed by atoms with Crippen LogP contribution in [0, 0.1) is 0 Å². The van der Waals surface area contributed by atoms with Crippen LogP contribution in [0.15, 0.2) is 54.6 Å². The molecule has 2 nitrogen and oxygen atoms in total. The van der Waals surface area contributed by atoms with E-state index in [2.05, 4.69) is 48.5 Å². The lowest BCUT2D eigenvalue weighted by atomic mass is 9.78. The van der Waals surface area contributed by atoms with E-state index in [-0.39, 0.29) is 12.7 Å². The van der Waals surface area contributed by atoms with Gasteiger partial charge in [0.2, 0.25) is 0 Å². The van der Waals surface area contributed by atoms with Crippen molar-refractivity contribution in [2.24, 2.45) is 0 Å². The predicted octanol–water partition coefficient (Wildman–Crippen LogP) is 2.87. The molecule has 3 heteroatoms. The van der Waals surface area contributed by atoms with Crippen molar-refractivity contribution in [1.82, 2.24) is 0 Å². The summed E-state index contributed by atoms with van der Waals surface area (Å²) in [7, 11) is -0.236. The van der Waals surface area contributed by atoms with Gasteiger partial charge in [-0.3, -0.25) is 0 Å². The Morgan fingerprint density at radius 3 is 2.11 bits per heavy atom. The highest BCUT2D eigenvalue weighted by molar-refractivity contribution is 6.61. The second-order valence-electron chi connectivity index (χ2n) is 5.51. The fourth-order valence-corrected chi connectivity index (χ4v) is 2.26. The Balaban J connectivity index is 1.80. The van der Waals surface area contributed by atoms with Gasteiger partial charge in [-0.25, -0.2) is 0 Å². The zero-order valence-corrected chi connectivity index (χ0v) is 11.3. The lowest BCUT2D eigenvalue weighted by molar-refractivity contribution is 0.137. The summed E-state index contributed by atoms with van der Waals surface area (Å²) in [5.74, 6) is 0. The molecular formula is C16H17BO2. The van der Waals surface area contributed by atoms with E-state index in [1.165, 1.54) is 11.1 Å². The van der Waals surface area contributed by atoms with E-state index in [9.17, 15) is 0 Å². The van der Waals surface area contributed by atoms with Crippen LogP contribution in [0.3, 0.4) is 0 Å². The Morgan fingerprint density at radius 1 is 0.895 bits per heavy atom. The summed E-state index contributed by atoms with van der Waals surface area (Å²) in [4.78, 5) is 0. The van der Waals surface area contributed by atoms with Gasteiger partial charge in [-0.05, 0) is 30.4 Å². The molecule has 1 heterocycles. The van der Waals surface area contributed by atoms with E-state index < -0.39 is 0 Å². The van der Waals surface area contributed by atoms with Gasteiger partial charge in [0, 0.05) is 0 Å². The smallest absolute Gasteiger partial charge is 0.404 e. The fraction of sp³-hybridized carbons (Fsp3) is 0.250. The minimum atomic E-state index is -0.236. The van der Waals surface area contributed by atoms with Crippen LogP contribution < -0.4 is 5.46 Å². The zero-order chi connectivity index (χ0) is 13.3. The summed E-state index contributed by atoms with van der Waals surface area (Å²) >= 11 is 0. The summed E-state index contributed by atoms with van der Waals surface area (Å²) in [5.41, 5.74) is 3.32. The normalized spacial score (nSPS) is 17.7. The van der Waals surface area contributed by atoms with Gasteiger partial charge in [0.25, 0.3) is 0 Å². The van der Waals surface area contributed by atoms with E-state index in [0.29, 0.717) is 6.61 Å². The molecule has 19 heavy (non-hydrogen) atoms. The van der Waals surface area contributed by atoms with Gasteiger partial charge in [0.15, 0.2) is 0 Å². The molecule has 0 spiro atoms. The molecule has 2 aromatic carbocycles. The summed E-state index contributed by atoms with van der Waals surface area (Å²) in [6, 6.07) is 18.7. The zero-order valence-electron chi connectivity index (χ0n) is 11.3. The first-order valence-electron chi connectivity index (χ1n) is 6.59. The molecule has 0 aliphatic carbocycles. The van der Waals surface area contributed by atoms with Crippen molar-refractivity contribution in [2.45, 2.75) is 19.4 Å². The molecule has 3 rings (SSSR count). The molecule has 0 saturated carbocycles. The fourth-order valence-electron chi connectivity index (χ4n) is 2.26. The van der Waals surface area contributed by atoms with Crippen LogP contribution in [0.2, 0.25) is 0 Å². The highest BCUT2D eigenvalue weighted by Gasteiger charge is 2.37. The van der Waals surface area contributed by atoms with Crippen LogP contribution in [-0.4, -0.2) is 19.3 Å². The third kappa shape index (κ3) is 2.72. The molecule has 0 unspecified atom stereocenters. The molecule has 1 saturated heterocycles. The second-order valence-corrected chi connectivity index (χ2v) is 5.51. The van der Waals surface area contributed by atoms with Crippen LogP contribution in [0.25, 0.3) is 11.1 Å². The van der Waals surface area contributed by atoms with Crippen LogP contribution in [-0.2, 0) is 9.31 Å². The van der Waals surface area contributed by atoms with Gasteiger partial charge < -0.3 is 9.31 Å². The first kappa shape index (κ1) is 12.5. The van der Waals surface area contributed by atoms with Gasteiger partial charge in [-0.2, -0.15) is 0 Å². The molecule has 1 aliphatic heterocycles. The van der Waals surface area contributed by atoms with Crippen molar-refractivity contribution in [3.63, 3.8) is 0 Å². The monoisotopic (exact) mass is 252 g/mol. The Kier molecular flexibility index (Phi) is 3.17. The largest absolute Gasteiger partial charge is 0.494 e. The SMILES string of the molecule is CC1(C)COB(c2ccc(-c3ccccc3)cc2)O1. The number of rotatable bonds is 2. The molecule has 0 N–H and O–H groups in total.